The van der Waals surface area contributed by atoms with Gasteiger partial charge in [0, 0.05) is 0 Å². The Morgan fingerprint density at radius 3 is 0.833 bits per heavy atom. The Morgan fingerprint density at radius 1 is 0.167 bits per heavy atom. The molecule has 0 fully saturated rings. The van der Waals surface area contributed by atoms with Crippen LogP contribution in [0.4, 0.5) is 0 Å². The third-order valence-electron chi connectivity index (χ3n) is 11.1. The minimum Gasteiger partial charge on any atom is -0.0610 e. The number of hydrogen-bond donors (Lipinski definition) is 0. The fraction of sp³-hybridized carbons (Fsp3) is 0. The Bertz CT molecular complexity index is 3050. The predicted molar refractivity (Wildman–Crippen MR) is 184 cm³/mol. The van der Waals surface area contributed by atoms with Crippen LogP contribution in [0.25, 0.3) is 129 Å². The van der Waals surface area contributed by atoms with Gasteiger partial charge in [-0.1, -0.05) is 109 Å². The summed E-state index contributed by atoms with van der Waals surface area (Å²) in [7, 11) is 0. The van der Waals surface area contributed by atoms with Gasteiger partial charge in [-0.25, -0.2) is 0 Å². The van der Waals surface area contributed by atoms with E-state index < -0.39 is 0 Å². The van der Waals surface area contributed by atoms with E-state index >= 15 is 0 Å². The number of fused-ring (bicyclic) bond motifs is 5. The average molecular weight is 523 g/mol. The second-order valence-corrected chi connectivity index (χ2v) is 12.7. The maximum Gasteiger partial charge on any atom is -0.0000476 e. The highest BCUT2D eigenvalue weighted by molar-refractivity contribution is 6.59. The molecule has 13 aromatic carbocycles. The molecule has 0 unspecified atom stereocenters. The summed E-state index contributed by atoms with van der Waals surface area (Å²) in [4.78, 5) is 0. The zero-order valence-corrected chi connectivity index (χ0v) is 22.4. The zero-order valence-electron chi connectivity index (χ0n) is 22.4. The fourth-order valence-corrected chi connectivity index (χ4v) is 9.79. The van der Waals surface area contributed by atoms with Crippen molar-refractivity contribution in [2.45, 2.75) is 0 Å². The summed E-state index contributed by atoms with van der Waals surface area (Å²) in [5, 5.41) is 33.8. The standard InChI is InChI=1S/C42H18/c1-5-19-13-15-27-25-11-3-9-23-24-10-4-12-26-28-16-14-20-6-2-8-22-30-18-17-29-21(7-1)31(19)35(27)41-37(29)38(30)42(36(28)32(20)22)40(34(24)26)39(41)33(23)25/h1-18H. The van der Waals surface area contributed by atoms with Crippen molar-refractivity contribution in [1.29, 1.82) is 0 Å². The molecule has 42 heavy (non-hydrogen) atoms. The van der Waals surface area contributed by atoms with E-state index in [0.717, 1.165) is 0 Å². The van der Waals surface area contributed by atoms with Gasteiger partial charge < -0.3 is 0 Å². The van der Waals surface area contributed by atoms with Crippen molar-refractivity contribution in [3.8, 4) is 0 Å². The molecule has 0 aliphatic carbocycles. The van der Waals surface area contributed by atoms with E-state index in [9.17, 15) is 0 Å². The molecule has 0 aliphatic heterocycles. The van der Waals surface area contributed by atoms with Gasteiger partial charge in [0.1, 0.15) is 0 Å². The van der Waals surface area contributed by atoms with Crippen molar-refractivity contribution >= 4 is 129 Å². The van der Waals surface area contributed by atoms with Gasteiger partial charge in [0.25, 0.3) is 0 Å². The first-order valence-corrected chi connectivity index (χ1v) is 15.0. The van der Waals surface area contributed by atoms with Crippen LogP contribution in [0.2, 0.25) is 0 Å². The second-order valence-electron chi connectivity index (χ2n) is 12.7. The third-order valence-corrected chi connectivity index (χ3v) is 11.1. The first kappa shape index (κ1) is 19.6. The minimum absolute atomic E-state index is 1.33. The number of hydrogen-bond acceptors (Lipinski definition) is 0. The molecule has 0 aliphatic rings. The monoisotopic (exact) mass is 522 g/mol. The van der Waals surface area contributed by atoms with Gasteiger partial charge in [0.15, 0.2) is 0 Å². The topological polar surface area (TPSA) is 0 Å². The first-order valence-electron chi connectivity index (χ1n) is 15.0. The predicted octanol–water partition coefficient (Wildman–Crippen LogP) is 12.2. The van der Waals surface area contributed by atoms with Crippen molar-refractivity contribution in [3.05, 3.63) is 109 Å². The summed E-state index contributed by atoms with van der Waals surface area (Å²) in [6.45, 7) is 0. The van der Waals surface area contributed by atoms with E-state index in [1.807, 2.05) is 0 Å². The van der Waals surface area contributed by atoms with Gasteiger partial charge in [0.05, 0.1) is 0 Å². The lowest BCUT2D eigenvalue weighted by atomic mass is 9.74. The largest absolute Gasteiger partial charge is 0.0610 e. The maximum atomic E-state index is 2.43. The van der Waals surface area contributed by atoms with Gasteiger partial charge in [-0.2, -0.15) is 0 Å². The summed E-state index contributed by atoms with van der Waals surface area (Å²) in [6.07, 6.45) is 0. The van der Waals surface area contributed by atoms with Gasteiger partial charge in [-0.15, -0.1) is 0 Å². The van der Waals surface area contributed by atoms with E-state index in [-0.39, 0.29) is 0 Å². The van der Waals surface area contributed by atoms with Crippen LogP contribution in [-0.4, -0.2) is 0 Å². The lowest BCUT2D eigenvalue weighted by Crippen LogP contribution is -1.99. The van der Waals surface area contributed by atoms with Crippen LogP contribution in [0, 0.1) is 0 Å². The normalized spacial score (nSPS) is 13.7. The molecule has 0 aromatic heterocycles. The highest BCUT2D eigenvalue weighted by Gasteiger charge is 2.29. The molecule has 0 heteroatoms. The molecule has 0 saturated heterocycles. The van der Waals surface area contributed by atoms with Crippen LogP contribution in [-0.2, 0) is 0 Å². The van der Waals surface area contributed by atoms with Crippen molar-refractivity contribution in [3.63, 3.8) is 0 Å². The Labute approximate surface area is 237 Å². The SMILES string of the molecule is c1cc2ccc3c4cccc5c6cccc7c8ccc9cccc%10c%11ccc%12c(c1)c2c3c1c%12c%11c(c8c9%10)c(c67)c1c54. The van der Waals surface area contributed by atoms with E-state index in [0.29, 0.717) is 0 Å². The number of benzene rings is 13. The molecule has 0 atom stereocenters. The summed E-state index contributed by atoms with van der Waals surface area (Å²) < 4.78 is 0. The lowest BCUT2D eigenvalue weighted by Gasteiger charge is -2.28. The van der Waals surface area contributed by atoms with E-state index in [1.165, 1.54) is 129 Å². The van der Waals surface area contributed by atoms with E-state index in [2.05, 4.69) is 109 Å². The minimum atomic E-state index is 1.33. The van der Waals surface area contributed by atoms with Crippen LogP contribution >= 0.6 is 0 Å². The smallest absolute Gasteiger partial charge is 0.0000476 e. The quantitative estimate of drug-likeness (QED) is 0.137. The van der Waals surface area contributed by atoms with Crippen LogP contribution in [0.5, 0.6) is 0 Å². The highest BCUT2D eigenvalue weighted by atomic mass is 14.3. The lowest BCUT2D eigenvalue weighted by molar-refractivity contribution is 1.81. The molecule has 0 spiro atoms. The third kappa shape index (κ3) is 1.74. The summed E-state index contributed by atoms with van der Waals surface area (Å²) in [6, 6.07) is 42.2. The van der Waals surface area contributed by atoms with Gasteiger partial charge in [-0.3, -0.25) is 0 Å². The van der Waals surface area contributed by atoms with E-state index in [4.69, 9.17) is 0 Å². The fourth-order valence-electron chi connectivity index (χ4n) is 9.79. The molecule has 0 amide bonds. The van der Waals surface area contributed by atoms with Crippen molar-refractivity contribution in [1.82, 2.24) is 0 Å². The maximum absolute atomic E-state index is 2.43. The molecule has 186 valence electrons. The molecule has 0 bridgehead atoms. The highest BCUT2D eigenvalue weighted by Crippen LogP contribution is 2.59. The summed E-state index contributed by atoms with van der Waals surface area (Å²) in [5.74, 6) is 0. The molecule has 13 aromatic rings. The average Bonchev–Trinajstić information content (AvgIpc) is 3.05. The molecule has 0 saturated carbocycles. The van der Waals surface area contributed by atoms with Gasteiger partial charge in [0.2, 0.25) is 0 Å². The second kappa shape index (κ2) is 5.93. The molecule has 0 N–H and O–H groups in total. The zero-order chi connectivity index (χ0) is 26.6. The molecule has 0 nitrogen and oxygen atoms in total. The van der Waals surface area contributed by atoms with Crippen molar-refractivity contribution in [2.24, 2.45) is 0 Å². The van der Waals surface area contributed by atoms with Crippen LogP contribution in [0.15, 0.2) is 109 Å². The molecule has 0 heterocycles. The number of rotatable bonds is 0. The Hall–Kier alpha value is -5.46. The Kier molecular flexibility index (Phi) is 2.77. The Morgan fingerprint density at radius 2 is 0.429 bits per heavy atom. The molecular weight excluding hydrogens is 504 g/mol. The summed E-state index contributed by atoms with van der Waals surface area (Å²) in [5.41, 5.74) is 0. The van der Waals surface area contributed by atoms with Crippen LogP contribution in [0.1, 0.15) is 0 Å². The van der Waals surface area contributed by atoms with Crippen LogP contribution in [0.3, 0.4) is 0 Å². The molecule has 0 radical (unpaired) electrons. The summed E-state index contributed by atoms with van der Waals surface area (Å²) >= 11 is 0. The molecular formula is C42H18. The van der Waals surface area contributed by atoms with E-state index in [1.54, 1.807) is 0 Å². The van der Waals surface area contributed by atoms with Gasteiger partial charge >= 0.3 is 0 Å². The molecule has 13 rings (SSSR count). The first-order chi connectivity index (χ1) is 20.9. The Balaban J connectivity index is 1.61. The van der Waals surface area contributed by atoms with Crippen molar-refractivity contribution < 1.29 is 0 Å². The van der Waals surface area contributed by atoms with Crippen molar-refractivity contribution in [2.75, 3.05) is 0 Å². The van der Waals surface area contributed by atoms with Crippen LogP contribution < -0.4 is 0 Å². The van der Waals surface area contributed by atoms with Gasteiger partial charge in [-0.05, 0) is 129 Å².